The average Bonchev–Trinajstić information content (AvgIpc) is 2.62. The van der Waals surface area contributed by atoms with E-state index < -0.39 is 5.97 Å². The fraction of sp³-hybridized carbons (Fsp3) is 0.389. The number of piperidine rings is 1. The highest BCUT2D eigenvalue weighted by atomic mass is 16.5. The maximum Gasteiger partial charge on any atom is 0.306 e. The number of carboxylic acids is 1. The summed E-state index contributed by atoms with van der Waals surface area (Å²) in [4.78, 5) is 22.0. The number of benzene rings is 1. The molecule has 2 heterocycles. The van der Waals surface area contributed by atoms with E-state index in [-0.39, 0.29) is 5.92 Å². The van der Waals surface area contributed by atoms with E-state index in [1.807, 2.05) is 31.2 Å². The Bertz CT molecular complexity index is 758. The Labute approximate surface area is 146 Å². The second-order valence-corrected chi connectivity index (χ2v) is 6.17. The van der Waals surface area contributed by atoms with Crippen LogP contribution in [0.5, 0.6) is 5.75 Å². The van der Waals surface area contributed by atoms with Gasteiger partial charge in [0.1, 0.15) is 11.6 Å². The molecule has 7 nitrogen and oxygen atoms in total. The molecule has 1 aliphatic rings. The molecule has 1 aromatic carbocycles. The first-order chi connectivity index (χ1) is 12.1. The van der Waals surface area contributed by atoms with Gasteiger partial charge in [0.25, 0.3) is 0 Å². The number of carbonyl (C=O) groups is 1. The molecule has 0 amide bonds. The second-order valence-electron chi connectivity index (χ2n) is 6.17. The van der Waals surface area contributed by atoms with E-state index >= 15 is 0 Å². The van der Waals surface area contributed by atoms with Crippen LogP contribution >= 0.6 is 0 Å². The summed E-state index contributed by atoms with van der Waals surface area (Å²) in [5.74, 6) is 1.04. The number of carboxylic acid groups (broad SMARTS) is 1. The number of methoxy groups -OCH3 is 1. The quantitative estimate of drug-likeness (QED) is 0.864. The highest BCUT2D eigenvalue weighted by Gasteiger charge is 2.25. The molecular weight excluding hydrogens is 320 g/mol. The van der Waals surface area contributed by atoms with E-state index in [0.29, 0.717) is 31.9 Å². The minimum Gasteiger partial charge on any atom is -0.495 e. The third-order valence-corrected chi connectivity index (χ3v) is 4.41. The maximum absolute atomic E-state index is 11.1. The van der Waals surface area contributed by atoms with Crippen LogP contribution in [0.15, 0.2) is 30.5 Å². The first-order valence-corrected chi connectivity index (χ1v) is 8.29. The highest BCUT2D eigenvalue weighted by molar-refractivity contribution is 5.70. The molecule has 0 bridgehead atoms. The van der Waals surface area contributed by atoms with Crippen LogP contribution < -0.4 is 15.0 Å². The summed E-state index contributed by atoms with van der Waals surface area (Å²) in [5, 5.41) is 12.3. The number of hydrogen-bond acceptors (Lipinski definition) is 6. The van der Waals surface area contributed by atoms with E-state index in [1.54, 1.807) is 13.3 Å². The first kappa shape index (κ1) is 17.0. The topological polar surface area (TPSA) is 87.6 Å². The number of rotatable bonds is 5. The molecule has 1 saturated heterocycles. The summed E-state index contributed by atoms with van der Waals surface area (Å²) in [5.41, 5.74) is 1.92. The van der Waals surface area contributed by atoms with Gasteiger partial charge in [-0.3, -0.25) is 4.79 Å². The maximum atomic E-state index is 11.1. The van der Waals surface area contributed by atoms with Gasteiger partial charge in [0.2, 0.25) is 5.95 Å². The van der Waals surface area contributed by atoms with Crippen LogP contribution in [0.1, 0.15) is 18.4 Å². The molecule has 0 saturated carbocycles. The van der Waals surface area contributed by atoms with Gasteiger partial charge >= 0.3 is 5.97 Å². The van der Waals surface area contributed by atoms with Crippen molar-refractivity contribution >= 4 is 23.4 Å². The zero-order valence-corrected chi connectivity index (χ0v) is 14.4. The second kappa shape index (κ2) is 7.38. The van der Waals surface area contributed by atoms with Gasteiger partial charge < -0.3 is 20.1 Å². The number of hydrogen-bond donors (Lipinski definition) is 2. The average molecular weight is 342 g/mol. The van der Waals surface area contributed by atoms with Crippen molar-refractivity contribution in [3.8, 4) is 5.75 Å². The molecule has 132 valence electrons. The lowest BCUT2D eigenvalue weighted by Crippen LogP contribution is -2.36. The molecular formula is C18H22N4O3. The summed E-state index contributed by atoms with van der Waals surface area (Å²) in [6.07, 6.45) is 2.97. The fourth-order valence-corrected chi connectivity index (χ4v) is 2.98. The van der Waals surface area contributed by atoms with E-state index in [2.05, 4.69) is 20.2 Å². The van der Waals surface area contributed by atoms with Crippen molar-refractivity contribution in [1.29, 1.82) is 0 Å². The molecule has 2 N–H and O–H groups in total. The Balaban J connectivity index is 1.74. The first-order valence-electron chi connectivity index (χ1n) is 8.29. The van der Waals surface area contributed by atoms with Crippen LogP contribution in [0.25, 0.3) is 0 Å². The number of anilines is 3. The summed E-state index contributed by atoms with van der Waals surface area (Å²) < 4.78 is 5.37. The Morgan fingerprint density at radius 3 is 2.76 bits per heavy atom. The van der Waals surface area contributed by atoms with E-state index in [0.717, 1.165) is 22.8 Å². The molecule has 2 aromatic rings. The number of aliphatic carboxylic acids is 1. The predicted molar refractivity (Wildman–Crippen MR) is 95.6 cm³/mol. The molecule has 0 unspecified atom stereocenters. The molecule has 7 heteroatoms. The number of ether oxygens (including phenoxy) is 1. The fourth-order valence-electron chi connectivity index (χ4n) is 2.98. The Kier molecular flexibility index (Phi) is 5.02. The normalized spacial score (nSPS) is 15.0. The summed E-state index contributed by atoms with van der Waals surface area (Å²) in [6.45, 7) is 3.37. The molecule has 0 radical (unpaired) electrons. The lowest BCUT2D eigenvalue weighted by atomic mass is 9.97. The minimum absolute atomic E-state index is 0.257. The third kappa shape index (κ3) is 3.99. The van der Waals surface area contributed by atoms with Gasteiger partial charge in [-0.1, -0.05) is 6.07 Å². The van der Waals surface area contributed by atoms with E-state index in [1.165, 1.54) is 0 Å². The summed E-state index contributed by atoms with van der Waals surface area (Å²) >= 11 is 0. The van der Waals surface area contributed by atoms with E-state index in [4.69, 9.17) is 9.84 Å². The molecule has 0 aliphatic carbocycles. The van der Waals surface area contributed by atoms with Gasteiger partial charge in [0.15, 0.2) is 0 Å². The van der Waals surface area contributed by atoms with Gasteiger partial charge in [-0.2, -0.15) is 4.98 Å². The van der Waals surface area contributed by atoms with Crippen molar-refractivity contribution in [2.24, 2.45) is 5.92 Å². The Hall–Kier alpha value is -2.83. The molecule has 1 fully saturated rings. The molecule has 1 aromatic heterocycles. The van der Waals surface area contributed by atoms with Gasteiger partial charge in [-0.15, -0.1) is 0 Å². The van der Waals surface area contributed by atoms with Crippen LogP contribution in [0, 0.1) is 12.8 Å². The third-order valence-electron chi connectivity index (χ3n) is 4.41. The van der Waals surface area contributed by atoms with Crippen LogP contribution in [0.2, 0.25) is 0 Å². The summed E-state index contributed by atoms with van der Waals surface area (Å²) in [7, 11) is 1.62. The largest absolute Gasteiger partial charge is 0.495 e. The number of aryl methyl sites for hydroxylation is 1. The lowest BCUT2D eigenvalue weighted by Gasteiger charge is -2.31. The van der Waals surface area contributed by atoms with Gasteiger partial charge in [0, 0.05) is 19.3 Å². The van der Waals surface area contributed by atoms with Gasteiger partial charge in [-0.05, 0) is 43.5 Å². The molecule has 3 rings (SSSR count). The molecule has 1 aliphatic heterocycles. The Morgan fingerprint density at radius 1 is 1.32 bits per heavy atom. The summed E-state index contributed by atoms with van der Waals surface area (Å²) in [6, 6.07) is 7.71. The molecule has 0 spiro atoms. The van der Waals surface area contributed by atoms with Crippen molar-refractivity contribution in [2.45, 2.75) is 19.8 Å². The number of nitrogens with one attached hydrogen (secondary N) is 1. The predicted octanol–water partition coefficient (Wildman–Crippen LogP) is 2.84. The smallest absolute Gasteiger partial charge is 0.306 e. The standard InChI is InChI=1S/C18H22N4O3/c1-12-3-4-15(25-2)14(11-12)20-18-19-8-5-16(21-18)22-9-6-13(7-10-22)17(23)24/h3-5,8,11,13H,6-7,9-10H2,1-2H3,(H,23,24)(H,19,20,21). The SMILES string of the molecule is COc1ccc(C)cc1Nc1nccc(N2CCC(C(=O)O)CC2)n1. The van der Waals surface area contributed by atoms with Crippen LogP contribution in [0.3, 0.4) is 0 Å². The number of aromatic nitrogens is 2. The minimum atomic E-state index is -0.712. The zero-order valence-electron chi connectivity index (χ0n) is 14.4. The van der Waals surface area contributed by atoms with Crippen LogP contribution in [-0.4, -0.2) is 41.2 Å². The van der Waals surface area contributed by atoms with Crippen LogP contribution in [0.4, 0.5) is 17.5 Å². The highest BCUT2D eigenvalue weighted by Crippen LogP contribution is 2.28. The van der Waals surface area contributed by atoms with Gasteiger partial charge in [0.05, 0.1) is 18.7 Å². The zero-order chi connectivity index (χ0) is 17.8. The van der Waals surface area contributed by atoms with Crippen molar-refractivity contribution < 1.29 is 14.6 Å². The van der Waals surface area contributed by atoms with Gasteiger partial charge in [-0.25, -0.2) is 4.98 Å². The van der Waals surface area contributed by atoms with Crippen molar-refractivity contribution in [2.75, 3.05) is 30.4 Å². The molecule has 0 atom stereocenters. The number of nitrogens with zero attached hydrogens (tertiary/aromatic N) is 3. The Morgan fingerprint density at radius 2 is 2.08 bits per heavy atom. The lowest BCUT2D eigenvalue weighted by molar-refractivity contribution is -0.142. The molecule has 25 heavy (non-hydrogen) atoms. The van der Waals surface area contributed by atoms with Crippen molar-refractivity contribution in [3.05, 3.63) is 36.0 Å². The van der Waals surface area contributed by atoms with Crippen molar-refractivity contribution in [3.63, 3.8) is 0 Å². The van der Waals surface area contributed by atoms with E-state index in [9.17, 15) is 4.79 Å². The monoisotopic (exact) mass is 342 g/mol. The van der Waals surface area contributed by atoms with Crippen LogP contribution in [-0.2, 0) is 4.79 Å². The van der Waals surface area contributed by atoms with Crippen molar-refractivity contribution in [1.82, 2.24) is 9.97 Å².